The standard InChI is InChI=1S/C11H15FN2O4/c1-7(15)6-13(2)9-5-11(18-3)8(12)4-10(9)14(16)17/h4-5,7,15H,6H2,1-3H3. The van der Waals surface area contributed by atoms with E-state index >= 15 is 0 Å². The minimum atomic E-state index is -0.793. The summed E-state index contributed by atoms with van der Waals surface area (Å²) in [5.41, 5.74) is -0.171. The van der Waals surface area contributed by atoms with Crippen LogP contribution in [-0.2, 0) is 0 Å². The number of likely N-dealkylation sites (N-methyl/N-ethyl adjacent to an activating group) is 1. The molecule has 0 spiro atoms. The van der Waals surface area contributed by atoms with Crippen LogP contribution >= 0.6 is 0 Å². The summed E-state index contributed by atoms with van der Waals surface area (Å²) in [5.74, 6) is -0.869. The summed E-state index contributed by atoms with van der Waals surface area (Å²) in [7, 11) is 2.86. The van der Waals surface area contributed by atoms with E-state index < -0.39 is 16.8 Å². The van der Waals surface area contributed by atoms with E-state index in [1.807, 2.05) is 0 Å². The molecule has 0 aliphatic rings. The van der Waals surface area contributed by atoms with Crippen LogP contribution in [0.25, 0.3) is 0 Å². The first-order chi connectivity index (χ1) is 8.36. The molecule has 0 aromatic heterocycles. The number of benzene rings is 1. The Labute approximate surface area is 104 Å². The van der Waals surface area contributed by atoms with E-state index in [0.29, 0.717) is 0 Å². The van der Waals surface area contributed by atoms with Crippen LogP contribution in [0.15, 0.2) is 12.1 Å². The topological polar surface area (TPSA) is 75.8 Å². The molecule has 1 aromatic carbocycles. The molecule has 0 aliphatic carbocycles. The van der Waals surface area contributed by atoms with Crippen molar-refractivity contribution in [2.75, 3.05) is 25.6 Å². The van der Waals surface area contributed by atoms with Gasteiger partial charge >= 0.3 is 0 Å². The molecule has 0 bridgehead atoms. The molecule has 0 heterocycles. The molecular weight excluding hydrogens is 243 g/mol. The summed E-state index contributed by atoms with van der Waals surface area (Å²) < 4.78 is 18.2. The number of rotatable bonds is 5. The van der Waals surface area contributed by atoms with Crippen molar-refractivity contribution in [2.45, 2.75) is 13.0 Å². The fraction of sp³-hybridized carbons (Fsp3) is 0.455. The minimum Gasteiger partial charge on any atom is -0.494 e. The third-order valence-electron chi connectivity index (χ3n) is 2.40. The Morgan fingerprint density at radius 3 is 2.67 bits per heavy atom. The fourth-order valence-electron chi connectivity index (χ4n) is 1.64. The number of nitro benzene ring substituents is 1. The van der Waals surface area contributed by atoms with Gasteiger partial charge in [0.05, 0.1) is 24.2 Å². The van der Waals surface area contributed by atoms with Crippen LogP contribution in [0.3, 0.4) is 0 Å². The quantitative estimate of drug-likeness (QED) is 0.640. The lowest BCUT2D eigenvalue weighted by Crippen LogP contribution is -2.27. The molecule has 0 fully saturated rings. The fourth-order valence-corrected chi connectivity index (χ4v) is 1.64. The Balaban J connectivity index is 3.25. The lowest BCUT2D eigenvalue weighted by atomic mass is 10.2. The van der Waals surface area contributed by atoms with Gasteiger partial charge in [0.1, 0.15) is 5.69 Å². The van der Waals surface area contributed by atoms with Gasteiger partial charge in [-0.25, -0.2) is 4.39 Å². The monoisotopic (exact) mass is 258 g/mol. The van der Waals surface area contributed by atoms with Gasteiger partial charge < -0.3 is 14.7 Å². The van der Waals surface area contributed by atoms with Crippen molar-refractivity contribution in [1.29, 1.82) is 0 Å². The number of methoxy groups -OCH3 is 1. The SMILES string of the molecule is COc1cc(N(C)CC(C)O)c([N+](=O)[O-])cc1F. The van der Waals surface area contributed by atoms with E-state index in [4.69, 9.17) is 4.74 Å². The lowest BCUT2D eigenvalue weighted by molar-refractivity contribution is -0.384. The second-order valence-corrected chi connectivity index (χ2v) is 3.96. The third-order valence-corrected chi connectivity index (χ3v) is 2.40. The maximum atomic E-state index is 13.4. The second-order valence-electron chi connectivity index (χ2n) is 3.96. The van der Waals surface area contributed by atoms with E-state index in [1.165, 1.54) is 18.1 Å². The molecule has 1 rings (SSSR count). The van der Waals surface area contributed by atoms with Gasteiger partial charge in [-0.15, -0.1) is 0 Å². The highest BCUT2D eigenvalue weighted by Crippen LogP contribution is 2.33. The first-order valence-electron chi connectivity index (χ1n) is 5.28. The molecule has 100 valence electrons. The predicted octanol–water partition coefficient (Wildman–Crippen LogP) is 1.56. The number of anilines is 1. The molecule has 0 aliphatic heterocycles. The minimum absolute atomic E-state index is 0.0759. The highest BCUT2D eigenvalue weighted by molar-refractivity contribution is 5.66. The lowest BCUT2D eigenvalue weighted by Gasteiger charge is -2.21. The summed E-state index contributed by atoms with van der Waals surface area (Å²) in [6.07, 6.45) is -0.661. The van der Waals surface area contributed by atoms with Crippen molar-refractivity contribution >= 4 is 11.4 Å². The van der Waals surface area contributed by atoms with E-state index in [1.54, 1.807) is 14.0 Å². The average Bonchev–Trinajstić information content (AvgIpc) is 2.27. The number of nitro groups is 1. The number of halogens is 1. The van der Waals surface area contributed by atoms with Crippen LogP contribution in [-0.4, -0.2) is 36.8 Å². The number of hydrogen-bond donors (Lipinski definition) is 1. The van der Waals surface area contributed by atoms with Crippen molar-refractivity contribution < 1.29 is 19.2 Å². The van der Waals surface area contributed by atoms with Gasteiger partial charge in [0.25, 0.3) is 5.69 Å². The molecule has 1 unspecified atom stereocenters. The second kappa shape index (κ2) is 5.63. The Morgan fingerprint density at radius 2 is 2.22 bits per heavy atom. The highest BCUT2D eigenvalue weighted by atomic mass is 19.1. The van der Waals surface area contributed by atoms with Gasteiger partial charge in [-0.2, -0.15) is 0 Å². The van der Waals surface area contributed by atoms with Crippen LogP contribution in [0.2, 0.25) is 0 Å². The Morgan fingerprint density at radius 1 is 1.61 bits per heavy atom. The van der Waals surface area contributed by atoms with Gasteiger partial charge in [-0.1, -0.05) is 0 Å². The van der Waals surface area contributed by atoms with Crippen LogP contribution in [0.4, 0.5) is 15.8 Å². The van der Waals surface area contributed by atoms with Gasteiger partial charge in [0.2, 0.25) is 0 Å². The zero-order valence-electron chi connectivity index (χ0n) is 10.4. The summed E-state index contributed by atoms with van der Waals surface area (Å²) in [6, 6.07) is 2.06. The summed E-state index contributed by atoms with van der Waals surface area (Å²) in [5, 5.41) is 20.2. The molecule has 0 amide bonds. The average molecular weight is 258 g/mol. The number of aliphatic hydroxyl groups excluding tert-OH is 1. The first-order valence-corrected chi connectivity index (χ1v) is 5.28. The largest absolute Gasteiger partial charge is 0.494 e. The van der Waals surface area contributed by atoms with Crippen molar-refractivity contribution in [3.63, 3.8) is 0 Å². The molecule has 1 aromatic rings. The van der Waals surface area contributed by atoms with Crippen molar-refractivity contribution in [2.24, 2.45) is 0 Å². The summed E-state index contributed by atoms with van der Waals surface area (Å²) in [6.45, 7) is 1.75. The molecule has 18 heavy (non-hydrogen) atoms. The van der Waals surface area contributed by atoms with Crippen molar-refractivity contribution in [3.8, 4) is 5.75 Å². The zero-order valence-corrected chi connectivity index (χ0v) is 10.4. The molecule has 6 nitrogen and oxygen atoms in total. The smallest absolute Gasteiger partial charge is 0.295 e. The third kappa shape index (κ3) is 3.07. The van der Waals surface area contributed by atoms with E-state index in [2.05, 4.69) is 0 Å². The Hall–Kier alpha value is -1.89. The Kier molecular flexibility index (Phi) is 4.43. The zero-order chi connectivity index (χ0) is 13.9. The van der Waals surface area contributed by atoms with Gasteiger partial charge in [-0.05, 0) is 6.92 Å². The van der Waals surface area contributed by atoms with Crippen LogP contribution < -0.4 is 9.64 Å². The van der Waals surface area contributed by atoms with Crippen LogP contribution in [0.5, 0.6) is 5.75 Å². The predicted molar refractivity (Wildman–Crippen MR) is 64.6 cm³/mol. The molecule has 0 saturated carbocycles. The number of ether oxygens (including phenoxy) is 1. The number of aliphatic hydroxyl groups is 1. The first kappa shape index (κ1) is 14.2. The summed E-state index contributed by atoms with van der Waals surface area (Å²) in [4.78, 5) is 11.7. The Bertz CT molecular complexity index is 451. The molecule has 0 radical (unpaired) electrons. The van der Waals surface area contributed by atoms with Crippen LogP contribution in [0, 0.1) is 15.9 Å². The number of hydrogen-bond acceptors (Lipinski definition) is 5. The van der Waals surface area contributed by atoms with Crippen molar-refractivity contribution in [3.05, 3.63) is 28.1 Å². The highest BCUT2D eigenvalue weighted by Gasteiger charge is 2.22. The van der Waals surface area contributed by atoms with E-state index in [9.17, 15) is 19.6 Å². The van der Waals surface area contributed by atoms with E-state index in [-0.39, 0.29) is 23.7 Å². The van der Waals surface area contributed by atoms with Gasteiger partial charge in [-0.3, -0.25) is 10.1 Å². The molecular formula is C11H15FN2O4. The van der Waals surface area contributed by atoms with Gasteiger partial charge in [0, 0.05) is 19.7 Å². The number of nitrogens with zero attached hydrogens (tertiary/aromatic N) is 2. The maximum absolute atomic E-state index is 13.4. The molecule has 1 atom stereocenters. The van der Waals surface area contributed by atoms with Gasteiger partial charge in [0.15, 0.2) is 11.6 Å². The van der Waals surface area contributed by atoms with Crippen LogP contribution in [0.1, 0.15) is 6.92 Å². The molecule has 0 saturated heterocycles. The van der Waals surface area contributed by atoms with Crippen molar-refractivity contribution in [1.82, 2.24) is 0 Å². The van der Waals surface area contributed by atoms with E-state index in [0.717, 1.165) is 6.07 Å². The maximum Gasteiger partial charge on any atom is 0.295 e. The molecule has 7 heteroatoms. The summed E-state index contributed by atoms with van der Waals surface area (Å²) >= 11 is 0. The normalized spacial score (nSPS) is 12.1. The molecule has 1 N–H and O–H groups in total.